The van der Waals surface area contributed by atoms with Gasteiger partial charge in [-0.3, -0.25) is 9.59 Å². The number of hydrogen-bond acceptors (Lipinski definition) is 3. The van der Waals surface area contributed by atoms with E-state index in [1.807, 2.05) is 56.9 Å². The third kappa shape index (κ3) is 3.50. The van der Waals surface area contributed by atoms with Crippen molar-refractivity contribution >= 4 is 5.91 Å². The molecule has 2 aromatic rings. The van der Waals surface area contributed by atoms with Crippen LogP contribution in [0, 0.1) is 0 Å². The molecule has 23 heavy (non-hydrogen) atoms. The monoisotopic (exact) mass is 313 g/mol. The van der Waals surface area contributed by atoms with Gasteiger partial charge in [0.15, 0.2) is 0 Å². The van der Waals surface area contributed by atoms with Crippen LogP contribution in [0.2, 0.25) is 0 Å². The Labute approximate surface area is 136 Å². The van der Waals surface area contributed by atoms with Crippen molar-refractivity contribution in [1.29, 1.82) is 0 Å². The molecule has 1 aromatic carbocycles. The number of hydrogen-bond donors (Lipinski definition) is 0. The summed E-state index contributed by atoms with van der Waals surface area (Å²) in [5, 5.41) is 4.27. The van der Waals surface area contributed by atoms with E-state index in [-0.39, 0.29) is 23.6 Å². The van der Waals surface area contributed by atoms with Crippen molar-refractivity contribution in [3.05, 3.63) is 52.3 Å². The van der Waals surface area contributed by atoms with E-state index in [9.17, 15) is 9.59 Å². The molecular weight excluding hydrogens is 290 g/mol. The lowest BCUT2D eigenvalue weighted by molar-refractivity contribution is 0.0644. The highest BCUT2D eigenvalue weighted by atomic mass is 16.2. The number of rotatable bonds is 4. The summed E-state index contributed by atoms with van der Waals surface area (Å²) in [6, 6.07) is 10.7. The standard InChI is InChI=1S/C18H23N3O2/c1-12(2)21(13(3)4)18(23)15-9-7-6-8-14(15)16-10-11-17(22)20(5)19-16/h6-13H,1-5H3. The van der Waals surface area contributed by atoms with Crippen LogP contribution < -0.4 is 5.56 Å². The fourth-order valence-electron chi connectivity index (χ4n) is 2.74. The first-order valence-corrected chi connectivity index (χ1v) is 7.79. The second kappa shape index (κ2) is 6.77. The van der Waals surface area contributed by atoms with Gasteiger partial charge in [0.25, 0.3) is 11.5 Å². The molecule has 1 aromatic heterocycles. The van der Waals surface area contributed by atoms with Gasteiger partial charge < -0.3 is 4.90 Å². The highest BCUT2D eigenvalue weighted by Gasteiger charge is 2.24. The first-order valence-electron chi connectivity index (χ1n) is 7.79. The van der Waals surface area contributed by atoms with Crippen LogP contribution in [0.5, 0.6) is 0 Å². The Morgan fingerprint density at radius 2 is 1.65 bits per heavy atom. The normalized spacial score (nSPS) is 11.1. The Bertz CT molecular complexity index is 755. The van der Waals surface area contributed by atoms with Crippen LogP contribution in [0.15, 0.2) is 41.2 Å². The van der Waals surface area contributed by atoms with Gasteiger partial charge in [0.1, 0.15) is 0 Å². The molecule has 0 fully saturated rings. The maximum absolute atomic E-state index is 13.0. The highest BCUT2D eigenvalue weighted by molar-refractivity contribution is 6.00. The zero-order valence-electron chi connectivity index (χ0n) is 14.3. The van der Waals surface area contributed by atoms with Gasteiger partial charge >= 0.3 is 0 Å². The first kappa shape index (κ1) is 16.9. The smallest absolute Gasteiger partial charge is 0.266 e. The minimum Gasteiger partial charge on any atom is -0.334 e. The van der Waals surface area contributed by atoms with Gasteiger partial charge in [-0.05, 0) is 39.8 Å². The van der Waals surface area contributed by atoms with Crippen LogP contribution in [0.25, 0.3) is 11.3 Å². The lowest BCUT2D eigenvalue weighted by Gasteiger charge is -2.31. The van der Waals surface area contributed by atoms with E-state index in [4.69, 9.17) is 0 Å². The van der Waals surface area contributed by atoms with E-state index < -0.39 is 0 Å². The second-order valence-corrected chi connectivity index (χ2v) is 6.13. The van der Waals surface area contributed by atoms with Gasteiger partial charge in [-0.1, -0.05) is 18.2 Å². The molecule has 0 radical (unpaired) electrons. The summed E-state index contributed by atoms with van der Waals surface area (Å²) in [5.74, 6) is -0.0266. The minimum atomic E-state index is -0.177. The molecule has 0 aliphatic rings. The third-order valence-corrected chi connectivity index (χ3v) is 3.74. The summed E-state index contributed by atoms with van der Waals surface area (Å²) < 4.78 is 1.28. The van der Waals surface area contributed by atoms with Gasteiger partial charge in [0.05, 0.1) is 5.69 Å². The molecule has 5 nitrogen and oxygen atoms in total. The predicted octanol–water partition coefficient (Wildman–Crippen LogP) is 2.71. The van der Waals surface area contributed by atoms with Crippen molar-refractivity contribution in [3.63, 3.8) is 0 Å². The first-order chi connectivity index (χ1) is 10.8. The molecule has 122 valence electrons. The average molecular weight is 313 g/mol. The lowest BCUT2D eigenvalue weighted by atomic mass is 10.0. The third-order valence-electron chi connectivity index (χ3n) is 3.74. The molecule has 5 heteroatoms. The fraction of sp³-hybridized carbons (Fsp3) is 0.389. The number of carbonyl (C=O) groups excluding carboxylic acids is 1. The Morgan fingerprint density at radius 1 is 1.04 bits per heavy atom. The maximum Gasteiger partial charge on any atom is 0.266 e. The number of carbonyl (C=O) groups is 1. The van der Waals surface area contributed by atoms with Crippen molar-refractivity contribution < 1.29 is 4.79 Å². The Kier molecular flexibility index (Phi) is 4.98. The summed E-state index contributed by atoms with van der Waals surface area (Å²) in [6.07, 6.45) is 0. The summed E-state index contributed by atoms with van der Waals surface area (Å²) in [7, 11) is 1.60. The second-order valence-electron chi connectivity index (χ2n) is 6.13. The fourth-order valence-corrected chi connectivity index (χ4v) is 2.74. The molecule has 0 unspecified atom stereocenters. The minimum absolute atomic E-state index is 0.0266. The van der Waals surface area contributed by atoms with Gasteiger partial charge in [0.2, 0.25) is 0 Å². The van der Waals surface area contributed by atoms with Crippen LogP contribution >= 0.6 is 0 Å². The van der Waals surface area contributed by atoms with Crippen LogP contribution in [-0.4, -0.2) is 32.7 Å². The molecule has 0 spiro atoms. The number of aryl methyl sites for hydroxylation is 1. The van der Waals surface area contributed by atoms with E-state index in [1.54, 1.807) is 13.1 Å². The molecule has 0 aliphatic heterocycles. The number of nitrogens with zero attached hydrogens (tertiary/aromatic N) is 3. The lowest BCUT2D eigenvalue weighted by Crippen LogP contribution is -2.42. The van der Waals surface area contributed by atoms with Crippen LogP contribution in [0.4, 0.5) is 0 Å². The zero-order valence-corrected chi connectivity index (χ0v) is 14.3. The molecular formula is C18H23N3O2. The predicted molar refractivity (Wildman–Crippen MR) is 91.4 cm³/mol. The Balaban J connectivity index is 2.55. The van der Waals surface area contributed by atoms with Gasteiger partial charge in [-0.2, -0.15) is 5.10 Å². The van der Waals surface area contributed by atoms with Crippen LogP contribution in [-0.2, 0) is 7.05 Å². The summed E-state index contributed by atoms with van der Waals surface area (Å²) >= 11 is 0. The molecule has 1 heterocycles. The van der Waals surface area contributed by atoms with Crippen molar-refractivity contribution in [2.24, 2.45) is 7.05 Å². The van der Waals surface area contributed by atoms with Gasteiger partial charge in [0, 0.05) is 36.3 Å². The number of amides is 1. The molecule has 0 saturated heterocycles. The number of aromatic nitrogens is 2. The van der Waals surface area contributed by atoms with E-state index in [0.717, 1.165) is 5.56 Å². The quantitative estimate of drug-likeness (QED) is 0.872. The average Bonchev–Trinajstić information content (AvgIpc) is 2.49. The molecule has 0 atom stereocenters. The topological polar surface area (TPSA) is 55.2 Å². The summed E-state index contributed by atoms with van der Waals surface area (Å²) in [6.45, 7) is 8.02. The van der Waals surface area contributed by atoms with Crippen molar-refractivity contribution in [2.75, 3.05) is 0 Å². The van der Waals surface area contributed by atoms with Crippen LogP contribution in [0.1, 0.15) is 38.1 Å². The molecule has 0 saturated carbocycles. The Hall–Kier alpha value is -2.43. The van der Waals surface area contributed by atoms with Crippen molar-refractivity contribution in [3.8, 4) is 11.3 Å². The Morgan fingerprint density at radius 3 is 2.22 bits per heavy atom. The maximum atomic E-state index is 13.0. The summed E-state index contributed by atoms with van der Waals surface area (Å²) in [5.41, 5.74) is 1.77. The molecule has 2 rings (SSSR count). The SMILES string of the molecule is CC(C)N(C(=O)c1ccccc1-c1ccc(=O)n(C)n1)C(C)C. The van der Waals surface area contributed by atoms with E-state index >= 15 is 0 Å². The number of benzene rings is 1. The molecule has 1 amide bonds. The van der Waals surface area contributed by atoms with Crippen molar-refractivity contribution in [2.45, 2.75) is 39.8 Å². The van der Waals surface area contributed by atoms with E-state index in [0.29, 0.717) is 11.3 Å². The summed E-state index contributed by atoms with van der Waals surface area (Å²) in [4.78, 5) is 26.4. The molecule has 0 N–H and O–H groups in total. The van der Waals surface area contributed by atoms with E-state index in [2.05, 4.69) is 5.10 Å². The van der Waals surface area contributed by atoms with Gasteiger partial charge in [-0.25, -0.2) is 4.68 Å². The van der Waals surface area contributed by atoms with Gasteiger partial charge in [-0.15, -0.1) is 0 Å². The van der Waals surface area contributed by atoms with E-state index in [1.165, 1.54) is 10.7 Å². The van der Waals surface area contributed by atoms with Crippen molar-refractivity contribution in [1.82, 2.24) is 14.7 Å². The van der Waals surface area contributed by atoms with Crippen LogP contribution in [0.3, 0.4) is 0 Å². The largest absolute Gasteiger partial charge is 0.334 e. The molecule has 0 aliphatic carbocycles. The molecule has 0 bridgehead atoms. The zero-order chi connectivity index (χ0) is 17.1. The highest BCUT2D eigenvalue weighted by Crippen LogP contribution is 2.23.